The Labute approximate surface area is 176 Å². The van der Waals surface area contributed by atoms with Gasteiger partial charge in [0.2, 0.25) is 0 Å². The Morgan fingerprint density at radius 3 is 2.71 bits per heavy atom. The van der Waals surface area contributed by atoms with Crippen molar-refractivity contribution in [3.05, 3.63) is 64.7 Å². The van der Waals surface area contributed by atoms with Crippen LogP contribution in [-0.2, 0) is 4.74 Å². The monoisotopic (exact) mass is 418 g/mol. The number of thioether (sulfide) groups is 1. The summed E-state index contributed by atoms with van der Waals surface area (Å²) in [5.41, 5.74) is 1.72. The van der Waals surface area contributed by atoms with Crippen molar-refractivity contribution in [2.45, 2.75) is 29.9 Å². The molecule has 0 bridgehead atoms. The van der Waals surface area contributed by atoms with Gasteiger partial charge in [-0.05, 0) is 50.7 Å². The summed E-state index contributed by atoms with van der Waals surface area (Å²) in [5.74, 6) is 0.818. The molecule has 3 rings (SSSR count). The molecule has 2 aromatic carbocycles. The smallest absolute Gasteiger partial charge is 0.252 e. The van der Waals surface area contributed by atoms with Gasteiger partial charge in [-0.15, -0.1) is 11.8 Å². The van der Waals surface area contributed by atoms with Gasteiger partial charge in [0.1, 0.15) is 0 Å². The summed E-state index contributed by atoms with van der Waals surface area (Å²) in [6.45, 7) is 1.33. The fraction of sp³-hybridized carbons (Fsp3) is 0.409. The van der Waals surface area contributed by atoms with E-state index in [9.17, 15) is 4.79 Å². The largest absolute Gasteiger partial charge is 0.377 e. The third-order valence-corrected chi connectivity index (χ3v) is 6.47. The van der Waals surface area contributed by atoms with Crippen molar-refractivity contribution in [1.82, 2.24) is 10.2 Å². The number of rotatable bonds is 8. The molecule has 0 spiro atoms. The SMILES string of the molecule is CN(C)[C@@H](CNC(=O)c1ccccc1SC[C@H]1CCCO1)c1ccccc1Cl. The molecule has 0 unspecified atom stereocenters. The Morgan fingerprint density at radius 1 is 1.25 bits per heavy atom. The molecule has 0 saturated carbocycles. The zero-order valence-electron chi connectivity index (χ0n) is 16.4. The molecular weight excluding hydrogens is 392 g/mol. The molecule has 1 fully saturated rings. The van der Waals surface area contributed by atoms with Gasteiger partial charge in [-0.2, -0.15) is 0 Å². The van der Waals surface area contributed by atoms with E-state index >= 15 is 0 Å². The lowest BCUT2D eigenvalue weighted by atomic mass is 10.1. The Hall–Kier alpha value is -1.53. The molecule has 4 nitrogen and oxygen atoms in total. The van der Waals surface area contributed by atoms with Crippen LogP contribution in [0.25, 0.3) is 0 Å². The van der Waals surface area contributed by atoms with Crippen molar-refractivity contribution in [2.24, 2.45) is 0 Å². The van der Waals surface area contributed by atoms with Crippen molar-refractivity contribution in [1.29, 1.82) is 0 Å². The molecule has 1 heterocycles. The normalized spacial score (nSPS) is 17.6. The predicted molar refractivity (Wildman–Crippen MR) is 116 cm³/mol. The minimum Gasteiger partial charge on any atom is -0.377 e. The molecule has 6 heteroatoms. The molecule has 0 aromatic heterocycles. The van der Waals surface area contributed by atoms with Crippen LogP contribution in [0.1, 0.15) is 34.8 Å². The maximum absolute atomic E-state index is 12.9. The summed E-state index contributed by atoms with van der Waals surface area (Å²) < 4.78 is 5.70. The zero-order valence-corrected chi connectivity index (χ0v) is 17.9. The highest BCUT2D eigenvalue weighted by atomic mass is 35.5. The maximum atomic E-state index is 12.9. The first-order valence-corrected chi connectivity index (χ1v) is 10.9. The van der Waals surface area contributed by atoms with Gasteiger partial charge in [-0.3, -0.25) is 4.79 Å². The number of likely N-dealkylation sites (N-methyl/N-ethyl adjacent to an activating group) is 1. The summed E-state index contributed by atoms with van der Waals surface area (Å²) in [5, 5.41) is 3.80. The first kappa shape index (κ1) is 21.2. The van der Waals surface area contributed by atoms with Crippen molar-refractivity contribution in [3.63, 3.8) is 0 Å². The van der Waals surface area contributed by atoms with Crippen molar-refractivity contribution in [3.8, 4) is 0 Å². The van der Waals surface area contributed by atoms with Crippen LogP contribution in [0, 0.1) is 0 Å². The van der Waals surface area contributed by atoms with E-state index in [2.05, 4.69) is 10.2 Å². The number of halogens is 1. The summed E-state index contributed by atoms with van der Waals surface area (Å²) in [6.07, 6.45) is 2.52. The van der Waals surface area contributed by atoms with Crippen LogP contribution in [-0.4, -0.2) is 49.9 Å². The minimum atomic E-state index is -0.0608. The van der Waals surface area contributed by atoms with Gasteiger partial charge in [0.25, 0.3) is 5.91 Å². The van der Waals surface area contributed by atoms with Gasteiger partial charge in [0.05, 0.1) is 17.7 Å². The highest BCUT2D eigenvalue weighted by Gasteiger charge is 2.20. The Morgan fingerprint density at radius 2 is 2.00 bits per heavy atom. The lowest BCUT2D eigenvalue weighted by molar-refractivity contribution is 0.0938. The van der Waals surface area contributed by atoms with E-state index in [-0.39, 0.29) is 11.9 Å². The Balaban J connectivity index is 1.66. The third-order valence-electron chi connectivity index (χ3n) is 4.92. The second-order valence-electron chi connectivity index (χ2n) is 7.15. The number of carbonyl (C=O) groups excluding carboxylic acids is 1. The lowest BCUT2D eigenvalue weighted by Crippen LogP contribution is -2.35. The molecule has 1 N–H and O–H groups in total. The van der Waals surface area contributed by atoms with Crippen LogP contribution >= 0.6 is 23.4 Å². The number of nitrogens with one attached hydrogen (secondary N) is 1. The van der Waals surface area contributed by atoms with Gasteiger partial charge < -0.3 is 15.0 Å². The van der Waals surface area contributed by atoms with Gasteiger partial charge in [-0.25, -0.2) is 0 Å². The van der Waals surface area contributed by atoms with Crippen molar-refractivity contribution >= 4 is 29.3 Å². The second-order valence-corrected chi connectivity index (χ2v) is 8.62. The number of benzene rings is 2. The molecule has 1 aliphatic rings. The molecular formula is C22H27ClN2O2S. The van der Waals surface area contributed by atoms with E-state index in [1.165, 1.54) is 0 Å². The molecule has 150 valence electrons. The Bertz CT molecular complexity index is 794. The fourth-order valence-corrected chi connectivity index (χ4v) is 4.72. The van der Waals surface area contributed by atoms with E-state index < -0.39 is 0 Å². The second kappa shape index (κ2) is 10.3. The standard InChI is InChI=1S/C22H27ClN2O2S/c1-25(2)20(17-9-3-5-11-19(17)23)14-24-22(26)18-10-4-6-12-21(18)28-15-16-8-7-13-27-16/h3-6,9-12,16,20H,7-8,13-15H2,1-2H3,(H,24,26)/t16-,20+/m1/s1. The molecule has 2 atom stereocenters. The van der Waals surface area contributed by atoms with Gasteiger partial charge in [0.15, 0.2) is 0 Å². The quantitative estimate of drug-likeness (QED) is 0.634. The maximum Gasteiger partial charge on any atom is 0.252 e. The number of carbonyl (C=O) groups is 1. The minimum absolute atomic E-state index is 0.00403. The van der Waals surface area contributed by atoms with E-state index in [1.54, 1.807) is 11.8 Å². The molecule has 2 aromatic rings. The fourth-order valence-electron chi connectivity index (χ4n) is 3.34. The van der Waals surface area contributed by atoms with E-state index in [1.807, 2.05) is 62.6 Å². The molecule has 0 aliphatic carbocycles. The summed E-state index contributed by atoms with van der Waals surface area (Å²) in [6, 6.07) is 15.5. The molecule has 1 saturated heterocycles. The Kier molecular flexibility index (Phi) is 7.80. The molecule has 0 radical (unpaired) electrons. The first-order chi connectivity index (χ1) is 13.6. The van der Waals surface area contributed by atoms with Crippen LogP contribution < -0.4 is 5.32 Å². The van der Waals surface area contributed by atoms with Crippen molar-refractivity contribution < 1.29 is 9.53 Å². The zero-order chi connectivity index (χ0) is 19.9. The predicted octanol–water partition coefficient (Wildman–Crippen LogP) is 4.64. The third kappa shape index (κ3) is 5.51. The highest BCUT2D eigenvalue weighted by molar-refractivity contribution is 7.99. The van der Waals surface area contributed by atoms with E-state index in [0.717, 1.165) is 35.7 Å². The molecule has 1 amide bonds. The average Bonchev–Trinajstić information content (AvgIpc) is 3.21. The number of ether oxygens (including phenoxy) is 1. The molecule has 1 aliphatic heterocycles. The number of amides is 1. The molecule has 28 heavy (non-hydrogen) atoms. The van der Waals surface area contributed by atoms with Crippen LogP contribution in [0.2, 0.25) is 5.02 Å². The summed E-state index contributed by atoms with van der Waals surface area (Å²) in [7, 11) is 3.98. The summed E-state index contributed by atoms with van der Waals surface area (Å²) in [4.78, 5) is 16.0. The number of nitrogens with zero attached hydrogens (tertiary/aromatic N) is 1. The first-order valence-electron chi connectivity index (χ1n) is 9.58. The number of hydrogen-bond acceptors (Lipinski definition) is 4. The van der Waals surface area contributed by atoms with Crippen LogP contribution in [0.3, 0.4) is 0 Å². The van der Waals surface area contributed by atoms with Gasteiger partial charge in [-0.1, -0.05) is 41.9 Å². The van der Waals surface area contributed by atoms with Crippen LogP contribution in [0.5, 0.6) is 0 Å². The lowest BCUT2D eigenvalue weighted by Gasteiger charge is -2.26. The van der Waals surface area contributed by atoms with E-state index in [4.69, 9.17) is 16.3 Å². The average molecular weight is 419 g/mol. The number of hydrogen-bond donors (Lipinski definition) is 1. The van der Waals surface area contributed by atoms with E-state index in [0.29, 0.717) is 23.2 Å². The van der Waals surface area contributed by atoms with Crippen LogP contribution in [0.4, 0.5) is 0 Å². The summed E-state index contributed by atoms with van der Waals surface area (Å²) >= 11 is 8.06. The van der Waals surface area contributed by atoms with Gasteiger partial charge in [0, 0.05) is 28.8 Å². The highest BCUT2D eigenvalue weighted by Crippen LogP contribution is 2.28. The van der Waals surface area contributed by atoms with Crippen molar-refractivity contribution in [2.75, 3.05) is 33.0 Å². The van der Waals surface area contributed by atoms with Crippen LogP contribution in [0.15, 0.2) is 53.4 Å². The topological polar surface area (TPSA) is 41.6 Å². The van der Waals surface area contributed by atoms with Gasteiger partial charge >= 0.3 is 0 Å².